The van der Waals surface area contributed by atoms with Crippen LogP contribution in [0.3, 0.4) is 0 Å². The fraction of sp³-hybridized carbons (Fsp3) is 0.625. The number of likely N-dealkylation sites (tertiary alicyclic amines) is 1. The van der Waals surface area contributed by atoms with E-state index in [4.69, 9.17) is 19.9 Å². The van der Waals surface area contributed by atoms with Crippen molar-refractivity contribution in [3.05, 3.63) is 29.8 Å². The SMILES string of the molecule is NCc1ccc(OCCN2CCCC3(C2)OCCO3)cc1. The van der Waals surface area contributed by atoms with E-state index in [2.05, 4.69) is 4.90 Å². The second kappa shape index (κ2) is 6.75. The van der Waals surface area contributed by atoms with Crippen molar-refractivity contribution in [2.45, 2.75) is 25.2 Å². The van der Waals surface area contributed by atoms with E-state index >= 15 is 0 Å². The molecule has 2 heterocycles. The summed E-state index contributed by atoms with van der Waals surface area (Å²) in [5.74, 6) is 0.549. The quantitative estimate of drug-likeness (QED) is 0.888. The fourth-order valence-corrected chi connectivity index (χ4v) is 3.01. The first-order chi connectivity index (χ1) is 10.3. The summed E-state index contributed by atoms with van der Waals surface area (Å²) in [5, 5.41) is 0. The molecule has 5 heteroatoms. The van der Waals surface area contributed by atoms with Gasteiger partial charge in [-0.1, -0.05) is 12.1 Å². The predicted octanol–water partition coefficient (Wildman–Crippen LogP) is 1.36. The van der Waals surface area contributed by atoms with E-state index in [-0.39, 0.29) is 5.79 Å². The first kappa shape index (κ1) is 14.8. The molecule has 2 N–H and O–H groups in total. The molecule has 0 atom stereocenters. The Balaban J connectivity index is 1.44. The third-order valence-corrected chi connectivity index (χ3v) is 4.15. The molecular formula is C16H24N2O3. The van der Waals surface area contributed by atoms with Crippen LogP contribution in [0.2, 0.25) is 0 Å². The highest BCUT2D eigenvalue weighted by atomic mass is 16.7. The van der Waals surface area contributed by atoms with E-state index in [1.54, 1.807) is 0 Å². The third kappa shape index (κ3) is 3.74. The minimum absolute atomic E-state index is 0.346. The van der Waals surface area contributed by atoms with Crippen LogP contribution in [0, 0.1) is 0 Å². The Morgan fingerprint density at radius 3 is 2.67 bits per heavy atom. The molecule has 1 aromatic rings. The van der Waals surface area contributed by atoms with Crippen LogP contribution in [0.15, 0.2) is 24.3 Å². The first-order valence-electron chi connectivity index (χ1n) is 7.72. The molecule has 2 fully saturated rings. The molecule has 3 rings (SSSR count). The average Bonchev–Trinajstić information content (AvgIpc) is 2.96. The van der Waals surface area contributed by atoms with Crippen molar-refractivity contribution in [2.75, 3.05) is 39.5 Å². The average molecular weight is 292 g/mol. The minimum atomic E-state index is -0.346. The summed E-state index contributed by atoms with van der Waals surface area (Å²) in [5.41, 5.74) is 6.70. The summed E-state index contributed by atoms with van der Waals surface area (Å²) in [6.07, 6.45) is 2.12. The summed E-state index contributed by atoms with van der Waals surface area (Å²) in [6.45, 7) is 5.52. The van der Waals surface area contributed by atoms with Crippen LogP contribution >= 0.6 is 0 Å². The summed E-state index contributed by atoms with van der Waals surface area (Å²) in [4.78, 5) is 2.36. The lowest BCUT2D eigenvalue weighted by molar-refractivity contribution is -0.189. The number of piperidine rings is 1. The molecule has 5 nitrogen and oxygen atoms in total. The maximum absolute atomic E-state index is 5.80. The van der Waals surface area contributed by atoms with Gasteiger partial charge in [-0.2, -0.15) is 0 Å². The minimum Gasteiger partial charge on any atom is -0.492 e. The van der Waals surface area contributed by atoms with Crippen LogP contribution in [0.5, 0.6) is 5.75 Å². The van der Waals surface area contributed by atoms with E-state index in [0.717, 1.165) is 57.0 Å². The lowest BCUT2D eigenvalue weighted by Crippen LogP contribution is -2.49. The monoisotopic (exact) mass is 292 g/mol. The molecule has 21 heavy (non-hydrogen) atoms. The summed E-state index contributed by atoms with van der Waals surface area (Å²) in [6, 6.07) is 7.96. The number of ether oxygens (including phenoxy) is 3. The number of rotatable bonds is 5. The Hall–Kier alpha value is -1.14. The maximum atomic E-state index is 5.80. The molecule has 1 spiro atoms. The lowest BCUT2D eigenvalue weighted by Gasteiger charge is -2.38. The normalized spacial score (nSPS) is 21.8. The van der Waals surface area contributed by atoms with Crippen LogP contribution in [-0.2, 0) is 16.0 Å². The molecule has 0 aliphatic carbocycles. The summed E-state index contributed by atoms with van der Waals surface area (Å²) >= 11 is 0. The van der Waals surface area contributed by atoms with Crippen molar-refractivity contribution in [1.29, 1.82) is 0 Å². The molecular weight excluding hydrogens is 268 g/mol. The largest absolute Gasteiger partial charge is 0.492 e. The molecule has 0 amide bonds. The van der Waals surface area contributed by atoms with Gasteiger partial charge in [-0.15, -0.1) is 0 Å². The van der Waals surface area contributed by atoms with Crippen LogP contribution < -0.4 is 10.5 Å². The zero-order chi connectivity index (χ0) is 14.5. The molecule has 0 bridgehead atoms. The zero-order valence-electron chi connectivity index (χ0n) is 12.4. The molecule has 0 aromatic heterocycles. The highest BCUT2D eigenvalue weighted by Gasteiger charge is 2.40. The highest BCUT2D eigenvalue weighted by Crippen LogP contribution is 2.29. The van der Waals surface area contributed by atoms with Crippen molar-refractivity contribution in [3.8, 4) is 5.75 Å². The molecule has 1 aromatic carbocycles. The molecule has 2 aliphatic rings. The van der Waals surface area contributed by atoms with E-state index in [1.165, 1.54) is 0 Å². The van der Waals surface area contributed by atoms with Crippen LogP contribution in [0.25, 0.3) is 0 Å². The Morgan fingerprint density at radius 1 is 1.19 bits per heavy atom. The Bertz CT molecular complexity index is 443. The van der Waals surface area contributed by atoms with Gasteiger partial charge in [-0.25, -0.2) is 0 Å². The van der Waals surface area contributed by atoms with Crippen LogP contribution in [0.1, 0.15) is 18.4 Å². The van der Waals surface area contributed by atoms with Gasteiger partial charge < -0.3 is 19.9 Å². The molecule has 0 unspecified atom stereocenters. The number of nitrogens with zero attached hydrogens (tertiary/aromatic N) is 1. The van der Waals surface area contributed by atoms with Crippen LogP contribution in [-0.4, -0.2) is 50.1 Å². The first-order valence-corrected chi connectivity index (χ1v) is 7.72. The number of hydrogen-bond acceptors (Lipinski definition) is 5. The van der Waals surface area contributed by atoms with Gasteiger partial charge in [0.2, 0.25) is 0 Å². The second-order valence-electron chi connectivity index (χ2n) is 5.68. The Labute approximate surface area is 126 Å². The number of benzene rings is 1. The van der Waals surface area contributed by atoms with Crippen molar-refractivity contribution < 1.29 is 14.2 Å². The van der Waals surface area contributed by atoms with Crippen molar-refractivity contribution in [2.24, 2.45) is 5.73 Å². The fourth-order valence-electron chi connectivity index (χ4n) is 3.01. The summed E-state index contributed by atoms with van der Waals surface area (Å²) in [7, 11) is 0. The van der Waals surface area contributed by atoms with Gasteiger partial charge in [-0.3, -0.25) is 4.90 Å². The number of nitrogens with two attached hydrogens (primary N) is 1. The van der Waals surface area contributed by atoms with Crippen molar-refractivity contribution in [1.82, 2.24) is 4.90 Å². The van der Waals surface area contributed by atoms with Crippen molar-refractivity contribution in [3.63, 3.8) is 0 Å². The van der Waals surface area contributed by atoms with Gasteiger partial charge >= 0.3 is 0 Å². The molecule has 0 saturated carbocycles. The van der Waals surface area contributed by atoms with Gasteiger partial charge in [0.25, 0.3) is 0 Å². The van der Waals surface area contributed by atoms with Gasteiger partial charge in [0, 0.05) is 19.5 Å². The van der Waals surface area contributed by atoms with E-state index in [0.29, 0.717) is 13.2 Å². The third-order valence-electron chi connectivity index (χ3n) is 4.15. The molecule has 2 aliphatic heterocycles. The van der Waals surface area contributed by atoms with Gasteiger partial charge in [0.15, 0.2) is 5.79 Å². The maximum Gasteiger partial charge on any atom is 0.181 e. The van der Waals surface area contributed by atoms with Gasteiger partial charge in [-0.05, 0) is 30.7 Å². The lowest BCUT2D eigenvalue weighted by atomic mass is 10.0. The second-order valence-corrected chi connectivity index (χ2v) is 5.68. The van der Waals surface area contributed by atoms with Gasteiger partial charge in [0.05, 0.1) is 19.8 Å². The zero-order valence-corrected chi connectivity index (χ0v) is 12.4. The van der Waals surface area contributed by atoms with E-state index in [9.17, 15) is 0 Å². The van der Waals surface area contributed by atoms with Crippen LogP contribution in [0.4, 0.5) is 0 Å². The van der Waals surface area contributed by atoms with E-state index < -0.39 is 0 Å². The Morgan fingerprint density at radius 2 is 1.95 bits per heavy atom. The smallest absolute Gasteiger partial charge is 0.181 e. The van der Waals surface area contributed by atoms with Gasteiger partial charge in [0.1, 0.15) is 12.4 Å². The number of hydrogen-bond donors (Lipinski definition) is 1. The molecule has 0 radical (unpaired) electrons. The topological polar surface area (TPSA) is 57.0 Å². The molecule has 116 valence electrons. The molecule has 2 saturated heterocycles. The summed E-state index contributed by atoms with van der Waals surface area (Å²) < 4.78 is 17.4. The van der Waals surface area contributed by atoms with E-state index in [1.807, 2.05) is 24.3 Å². The Kier molecular flexibility index (Phi) is 4.75. The highest BCUT2D eigenvalue weighted by molar-refractivity contribution is 5.27. The standard InChI is InChI=1S/C16H24N2O3/c17-12-14-2-4-15(5-3-14)19-9-8-18-7-1-6-16(13-18)20-10-11-21-16/h2-5H,1,6-13,17H2. The predicted molar refractivity (Wildman–Crippen MR) is 80.1 cm³/mol. The van der Waals surface area contributed by atoms with Crippen molar-refractivity contribution >= 4 is 0 Å².